The largest absolute Gasteiger partial charge is 0.395 e. The zero-order valence-electron chi connectivity index (χ0n) is 7.54. The molecule has 68 valence electrons. The van der Waals surface area contributed by atoms with Crippen molar-refractivity contribution in [3.05, 3.63) is 0 Å². The summed E-state index contributed by atoms with van der Waals surface area (Å²) < 4.78 is 0. The summed E-state index contributed by atoms with van der Waals surface area (Å²) in [5, 5.41) is 20.6. The minimum atomic E-state index is -0.174. The van der Waals surface area contributed by atoms with Crippen LogP contribution < -0.4 is 5.32 Å². The summed E-state index contributed by atoms with van der Waals surface area (Å²) in [5.41, 5.74) is 0. The van der Waals surface area contributed by atoms with Gasteiger partial charge in [0.2, 0.25) is 0 Å². The number of rotatable bonds is 5. The second-order valence-electron chi connectivity index (χ2n) is 3.26. The topological polar surface area (TPSA) is 52.5 Å². The Balaban J connectivity index is 3.62. The third-order valence-electron chi connectivity index (χ3n) is 1.94. The van der Waals surface area contributed by atoms with Crippen LogP contribution in [0.4, 0.5) is 0 Å². The maximum atomic E-state index is 8.73. The fourth-order valence-electron chi connectivity index (χ4n) is 0.727. The van der Waals surface area contributed by atoms with Crippen LogP contribution in [0.5, 0.6) is 0 Å². The first kappa shape index (κ1) is 10.9. The first-order chi connectivity index (χ1) is 5.11. The molecule has 3 nitrogen and oxygen atoms in total. The molecule has 0 aliphatic rings. The van der Waals surface area contributed by atoms with Gasteiger partial charge in [0.1, 0.15) is 0 Å². The highest BCUT2D eigenvalue weighted by Crippen LogP contribution is 2.00. The van der Waals surface area contributed by atoms with E-state index in [0.717, 1.165) is 0 Å². The van der Waals surface area contributed by atoms with Crippen molar-refractivity contribution < 1.29 is 10.2 Å². The summed E-state index contributed by atoms with van der Waals surface area (Å²) in [4.78, 5) is 0. The molecule has 0 aromatic heterocycles. The molecular weight excluding hydrogens is 142 g/mol. The van der Waals surface area contributed by atoms with Crippen molar-refractivity contribution in [2.24, 2.45) is 5.92 Å². The van der Waals surface area contributed by atoms with E-state index in [9.17, 15) is 0 Å². The van der Waals surface area contributed by atoms with Gasteiger partial charge in [0.25, 0.3) is 0 Å². The third-order valence-corrected chi connectivity index (χ3v) is 1.94. The first-order valence-corrected chi connectivity index (χ1v) is 4.09. The van der Waals surface area contributed by atoms with Crippen LogP contribution in [0.15, 0.2) is 0 Å². The van der Waals surface area contributed by atoms with Crippen LogP contribution >= 0.6 is 0 Å². The van der Waals surface area contributed by atoms with Crippen LogP contribution in [0.1, 0.15) is 20.8 Å². The predicted molar refractivity (Wildman–Crippen MR) is 45.4 cm³/mol. The molecule has 0 amide bonds. The molecule has 0 aromatic rings. The van der Waals surface area contributed by atoms with Gasteiger partial charge in [-0.3, -0.25) is 0 Å². The van der Waals surface area contributed by atoms with E-state index in [1.165, 1.54) is 0 Å². The average molecular weight is 161 g/mol. The molecular formula is C8H19NO2. The normalized spacial score (nSPS) is 14.5. The summed E-state index contributed by atoms with van der Waals surface area (Å²) in [6.45, 7) is 6.23. The third kappa shape index (κ3) is 4.35. The van der Waals surface area contributed by atoms with E-state index < -0.39 is 0 Å². The lowest BCUT2D eigenvalue weighted by Crippen LogP contribution is -2.43. The van der Waals surface area contributed by atoms with Gasteiger partial charge in [-0.1, -0.05) is 13.8 Å². The summed E-state index contributed by atoms with van der Waals surface area (Å²) in [6, 6.07) is 0.159. The van der Waals surface area contributed by atoms with E-state index in [-0.39, 0.29) is 19.3 Å². The van der Waals surface area contributed by atoms with Crippen LogP contribution in [0.25, 0.3) is 0 Å². The van der Waals surface area contributed by atoms with Gasteiger partial charge in [-0.2, -0.15) is 0 Å². The van der Waals surface area contributed by atoms with Crippen molar-refractivity contribution in [2.45, 2.75) is 32.9 Å². The zero-order chi connectivity index (χ0) is 8.85. The maximum Gasteiger partial charge on any atom is 0.0607 e. The molecule has 0 aliphatic carbocycles. The number of hydrogen-bond donors (Lipinski definition) is 3. The molecule has 0 aliphatic heterocycles. The molecule has 3 heteroatoms. The molecule has 0 saturated carbocycles. The Hall–Kier alpha value is -0.120. The Labute approximate surface area is 68.4 Å². The summed E-state index contributed by atoms with van der Waals surface area (Å²) in [6.07, 6.45) is 0. The van der Waals surface area contributed by atoms with E-state index >= 15 is 0 Å². The van der Waals surface area contributed by atoms with Gasteiger partial charge in [0.05, 0.1) is 19.3 Å². The highest BCUT2D eigenvalue weighted by molar-refractivity contribution is 4.71. The fourth-order valence-corrected chi connectivity index (χ4v) is 0.727. The van der Waals surface area contributed by atoms with E-state index in [2.05, 4.69) is 19.2 Å². The van der Waals surface area contributed by atoms with Gasteiger partial charge < -0.3 is 15.5 Å². The van der Waals surface area contributed by atoms with E-state index in [4.69, 9.17) is 10.2 Å². The number of nitrogens with one attached hydrogen (secondary N) is 1. The lowest BCUT2D eigenvalue weighted by Gasteiger charge is -2.22. The van der Waals surface area contributed by atoms with Crippen LogP contribution in [0, 0.1) is 5.92 Å². The Bertz CT molecular complexity index is 92.1. The van der Waals surface area contributed by atoms with E-state index in [0.29, 0.717) is 12.0 Å². The molecule has 11 heavy (non-hydrogen) atoms. The van der Waals surface area contributed by atoms with Gasteiger partial charge in [-0.15, -0.1) is 0 Å². The van der Waals surface area contributed by atoms with Gasteiger partial charge in [0, 0.05) is 6.04 Å². The second-order valence-corrected chi connectivity index (χ2v) is 3.26. The Morgan fingerprint density at radius 1 is 1.09 bits per heavy atom. The quantitative estimate of drug-likeness (QED) is 0.531. The standard InChI is InChI=1S/C8H19NO2/c1-6(2)7(3)9-8(4-10)5-11/h6-11H,4-5H2,1-3H3/t7-/m0/s1. The summed E-state index contributed by atoms with van der Waals surface area (Å²) in [5.74, 6) is 0.524. The molecule has 3 N–H and O–H groups in total. The number of aliphatic hydroxyl groups excluding tert-OH is 2. The van der Waals surface area contributed by atoms with Crippen LogP contribution in [-0.2, 0) is 0 Å². The second kappa shape index (κ2) is 5.52. The van der Waals surface area contributed by atoms with Crippen molar-refractivity contribution in [1.82, 2.24) is 5.32 Å². The molecule has 0 aromatic carbocycles. The molecule has 0 rings (SSSR count). The van der Waals surface area contributed by atoms with E-state index in [1.54, 1.807) is 0 Å². The highest BCUT2D eigenvalue weighted by atomic mass is 16.3. The molecule has 0 fully saturated rings. The molecule has 0 bridgehead atoms. The number of hydrogen-bond acceptors (Lipinski definition) is 3. The predicted octanol–water partition coefficient (Wildman–Crippen LogP) is -0.0263. The Morgan fingerprint density at radius 3 is 1.82 bits per heavy atom. The van der Waals surface area contributed by atoms with Crippen molar-refractivity contribution in [3.63, 3.8) is 0 Å². The molecule has 0 unspecified atom stereocenters. The molecule has 0 spiro atoms. The molecule has 0 heterocycles. The van der Waals surface area contributed by atoms with Crippen LogP contribution in [0.3, 0.4) is 0 Å². The van der Waals surface area contributed by atoms with Gasteiger partial charge in [-0.25, -0.2) is 0 Å². The lowest BCUT2D eigenvalue weighted by atomic mass is 10.1. The lowest BCUT2D eigenvalue weighted by molar-refractivity contribution is 0.157. The average Bonchev–Trinajstić information content (AvgIpc) is 1.99. The molecule has 0 saturated heterocycles. The maximum absolute atomic E-state index is 8.73. The zero-order valence-corrected chi connectivity index (χ0v) is 7.54. The monoisotopic (exact) mass is 161 g/mol. The van der Waals surface area contributed by atoms with Crippen molar-refractivity contribution in [2.75, 3.05) is 13.2 Å². The Morgan fingerprint density at radius 2 is 1.55 bits per heavy atom. The minimum absolute atomic E-state index is 0.00639. The minimum Gasteiger partial charge on any atom is -0.395 e. The van der Waals surface area contributed by atoms with E-state index in [1.807, 2.05) is 6.92 Å². The van der Waals surface area contributed by atoms with Gasteiger partial charge in [-0.05, 0) is 12.8 Å². The Kier molecular flexibility index (Phi) is 5.46. The van der Waals surface area contributed by atoms with Gasteiger partial charge in [0.15, 0.2) is 0 Å². The van der Waals surface area contributed by atoms with Crippen molar-refractivity contribution in [3.8, 4) is 0 Å². The smallest absolute Gasteiger partial charge is 0.0607 e. The van der Waals surface area contributed by atoms with Crippen molar-refractivity contribution in [1.29, 1.82) is 0 Å². The van der Waals surface area contributed by atoms with Gasteiger partial charge >= 0.3 is 0 Å². The van der Waals surface area contributed by atoms with Crippen molar-refractivity contribution >= 4 is 0 Å². The summed E-state index contributed by atoms with van der Waals surface area (Å²) in [7, 11) is 0. The summed E-state index contributed by atoms with van der Waals surface area (Å²) >= 11 is 0. The molecule has 1 atom stereocenters. The highest BCUT2D eigenvalue weighted by Gasteiger charge is 2.11. The van der Waals surface area contributed by atoms with Crippen LogP contribution in [-0.4, -0.2) is 35.5 Å². The van der Waals surface area contributed by atoms with Crippen LogP contribution in [0.2, 0.25) is 0 Å². The molecule has 0 radical (unpaired) electrons. The SMILES string of the molecule is CC(C)[C@H](C)NC(CO)CO. The first-order valence-electron chi connectivity index (χ1n) is 4.09. The number of aliphatic hydroxyl groups is 2. The fraction of sp³-hybridized carbons (Fsp3) is 1.00.